The first-order valence-corrected chi connectivity index (χ1v) is 8.76. The Kier molecular flexibility index (Phi) is 4.43. The summed E-state index contributed by atoms with van der Waals surface area (Å²) in [5.74, 6) is 0.796. The van der Waals surface area contributed by atoms with Gasteiger partial charge in [-0.3, -0.25) is 4.98 Å². The van der Waals surface area contributed by atoms with Gasteiger partial charge in [0.05, 0.1) is 11.9 Å². The average Bonchev–Trinajstić information content (AvgIpc) is 3.37. The Hall–Kier alpha value is -1.83. The van der Waals surface area contributed by atoms with Gasteiger partial charge >= 0.3 is 0 Å². The maximum atomic E-state index is 4.27. The molecule has 2 heteroatoms. The van der Waals surface area contributed by atoms with Crippen molar-refractivity contribution in [3.05, 3.63) is 59.4 Å². The molecule has 0 bridgehead atoms. The van der Waals surface area contributed by atoms with Gasteiger partial charge in [-0.25, -0.2) is 0 Å². The highest BCUT2D eigenvalue weighted by atomic mass is 15.1. The molecule has 0 N–H and O–H groups in total. The Morgan fingerprint density at radius 3 is 2.52 bits per heavy atom. The predicted octanol–water partition coefficient (Wildman–Crippen LogP) is 5.28. The summed E-state index contributed by atoms with van der Waals surface area (Å²) >= 11 is 0. The van der Waals surface area contributed by atoms with Gasteiger partial charge in [-0.1, -0.05) is 39.0 Å². The predicted molar refractivity (Wildman–Crippen MR) is 98.1 cm³/mol. The number of benzene rings is 1. The quantitative estimate of drug-likeness (QED) is 0.746. The molecule has 3 rings (SSSR count). The highest BCUT2D eigenvalue weighted by Gasteiger charge is 2.26. The summed E-state index contributed by atoms with van der Waals surface area (Å²) < 4.78 is 0. The van der Waals surface area contributed by atoms with Crippen LogP contribution in [0.3, 0.4) is 0 Å². The standard InChI is InChI=1S/C21H28N2/c1-5-23(20-7-6-10-22-14-20)15-16-11-18(17-8-9-17)13-19(12-16)21(2,3)4/h6-7,10-14,17H,5,8-9,15H2,1-4H3. The number of hydrogen-bond donors (Lipinski definition) is 0. The lowest BCUT2D eigenvalue weighted by atomic mass is 9.84. The Morgan fingerprint density at radius 2 is 1.96 bits per heavy atom. The minimum Gasteiger partial charge on any atom is -0.366 e. The molecule has 0 radical (unpaired) electrons. The van der Waals surface area contributed by atoms with Gasteiger partial charge in [0.2, 0.25) is 0 Å². The van der Waals surface area contributed by atoms with Crippen molar-refractivity contribution in [2.45, 2.75) is 58.4 Å². The minimum absolute atomic E-state index is 0.199. The minimum atomic E-state index is 0.199. The largest absolute Gasteiger partial charge is 0.366 e. The van der Waals surface area contributed by atoms with E-state index in [2.05, 4.69) is 61.8 Å². The molecule has 0 amide bonds. The van der Waals surface area contributed by atoms with Crippen molar-refractivity contribution in [1.29, 1.82) is 0 Å². The molecule has 1 fully saturated rings. The molecule has 0 spiro atoms. The molecular formula is C21H28N2. The van der Waals surface area contributed by atoms with E-state index < -0.39 is 0 Å². The molecule has 1 aromatic carbocycles. The SMILES string of the molecule is CCN(Cc1cc(C2CC2)cc(C(C)(C)C)c1)c1cccnc1. The molecular weight excluding hydrogens is 280 g/mol. The highest BCUT2D eigenvalue weighted by Crippen LogP contribution is 2.42. The van der Waals surface area contributed by atoms with Crippen molar-refractivity contribution < 1.29 is 0 Å². The number of nitrogens with zero attached hydrogens (tertiary/aromatic N) is 2. The van der Waals surface area contributed by atoms with Crippen LogP contribution in [0.2, 0.25) is 0 Å². The maximum Gasteiger partial charge on any atom is 0.0555 e. The number of pyridine rings is 1. The second-order valence-corrected chi connectivity index (χ2v) is 7.71. The van der Waals surface area contributed by atoms with E-state index in [4.69, 9.17) is 0 Å². The van der Waals surface area contributed by atoms with Crippen LogP contribution >= 0.6 is 0 Å². The van der Waals surface area contributed by atoms with Crippen LogP contribution < -0.4 is 4.90 Å². The molecule has 1 aliphatic rings. The normalized spacial score (nSPS) is 14.8. The molecule has 1 saturated carbocycles. The van der Waals surface area contributed by atoms with Crippen LogP contribution in [0, 0.1) is 0 Å². The molecule has 0 atom stereocenters. The summed E-state index contributed by atoms with van der Waals surface area (Å²) in [6.45, 7) is 11.1. The molecule has 122 valence electrons. The molecule has 0 aliphatic heterocycles. The van der Waals surface area contributed by atoms with Gasteiger partial charge in [-0.05, 0) is 59.9 Å². The van der Waals surface area contributed by atoms with Crippen molar-refractivity contribution in [2.75, 3.05) is 11.4 Å². The Morgan fingerprint density at radius 1 is 1.17 bits per heavy atom. The van der Waals surface area contributed by atoms with Crippen molar-refractivity contribution in [1.82, 2.24) is 4.98 Å². The lowest BCUT2D eigenvalue weighted by Gasteiger charge is -2.26. The molecule has 23 heavy (non-hydrogen) atoms. The third-order valence-corrected chi connectivity index (χ3v) is 4.70. The molecule has 0 unspecified atom stereocenters. The lowest BCUT2D eigenvalue weighted by Crippen LogP contribution is -2.22. The van der Waals surface area contributed by atoms with Crippen molar-refractivity contribution in [2.24, 2.45) is 0 Å². The van der Waals surface area contributed by atoms with Crippen molar-refractivity contribution >= 4 is 5.69 Å². The van der Waals surface area contributed by atoms with Gasteiger partial charge in [-0.2, -0.15) is 0 Å². The summed E-state index contributed by atoms with van der Waals surface area (Å²) in [6, 6.07) is 11.4. The fourth-order valence-electron chi connectivity index (χ4n) is 3.04. The smallest absolute Gasteiger partial charge is 0.0555 e. The molecule has 1 heterocycles. The molecule has 1 aliphatic carbocycles. The van der Waals surface area contributed by atoms with Crippen LogP contribution in [0.25, 0.3) is 0 Å². The molecule has 2 nitrogen and oxygen atoms in total. The van der Waals surface area contributed by atoms with Gasteiger partial charge in [0, 0.05) is 19.3 Å². The fourth-order valence-corrected chi connectivity index (χ4v) is 3.04. The van der Waals surface area contributed by atoms with E-state index in [1.807, 2.05) is 18.5 Å². The zero-order chi connectivity index (χ0) is 16.4. The van der Waals surface area contributed by atoms with E-state index in [-0.39, 0.29) is 5.41 Å². The first-order chi connectivity index (χ1) is 11.0. The maximum absolute atomic E-state index is 4.27. The summed E-state index contributed by atoms with van der Waals surface area (Å²) in [5, 5.41) is 0. The van der Waals surface area contributed by atoms with Gasteiger partial charge in [0.15, 0.2) is 0 Å². The van der Waals surface area contributed by atoms with Gasteiger partial charge in [0.1, 0.15) is 0 Å². The number of anilines is 1. The zero-order valence-corrected chi connectivity index (χ0v) is 14.8. The van der Waals surface area contributed by atoms with E-state index in [1.165, 1.54) is 35.2 Å². The number of hydrogen-bond acceptors (Lipinski definition) is 2. The Bertz CT molecular complexity index is 651. The third kappa shape index (κ3) is 3.93. The van der Waals surface area contributed by atoms with Gasteiger partial charge in [0.25, 0.3) is 0 Å². The van der Waals surface area contributed by atoms with Crippen LogP contribution in [-0.2, 0) is 12.0 Å². The first-order valence-electron chi connectivity index (χ1n) is 8.76. The molecule has 0 saturated heterocycles. The van der Waals surface area contributed by atoms with Gasteiger partial charge in [-0.15, -0.1) is 0 Å². The van der Waals surface area contributed by atoms with E-state index in [0.29, 0.717) is 0 Å². The van der Waals surface area contributed by atoms with Crippen LogP contribution in [0.15, 0.2) is 42.7 Å². The van der Waals surface area contributed by atoms with Crippen LogP contribution in [0.5, 0.6) is 0 Å². The average molecular weight is 308 g/mol. The van der Waals surface area contributed by atoms with Crippen LogP contribution in [-0.4, -0.2) is 11.5 Å². The number of aromatic nitrogens is 1. The summed E-state index contributed by atoms with van der Waals surface area (Å²) in [7, 11) is 0. The second-order valence-electron chi connectivity index (χ2n) is 7.71. The molecule has 2 aromatic rings. The van der Waals surface area contributed by atoms with E-state index >= 15 is 0 Å². The monoisotopic (exact) mass is 308 g/mol. The Balaban J connectivity index is 1.90. The van der Waals surface area contributed by atoms with E-state index in [1.54, 1.807) is 0 Å². The summed E-state index contributed by atoms with van der Waals surface area (Å²) in [5.41, 5.74) is 5.81. The fraction of sp³-hybridized carbons (Fsp3) is 0.476. The molecule has 1 aromatic heterocycles. The highest BCUT2D eigenvalue weighted by molar-refractivity contribution is 5.46. The third-order valence-electron chi connectivity index (χ3n) is 4.70. The van der Waals surface area contributed by atoms with Crippen LogP contribution in [0.1, 0.15) is 63.1 Å². The van der Waals surface area contributed by atoms with Crippen molar-refractivity contribution in [3.8, 4) is 0 Å². The van der Waals surface area contributed by atoms with Crippen LogP contribution in [0.4, 0.5) is 5.69 Å². The zero-order valence-electron chi connectivity index (χ0n) is 14.8. The first kappa shape index (κ1) is 16.0. The summed E-state index contributed by atoms with van der Waals surface area (Å²) in [6.07, 6.45) is 6.50. The van der Waals surface area contributed by atoms with E-state index in [0.717, 1.165) is 19.0 Å². The lowest BCUT2D eigenvalue weighted by molar-refractivity contribution is 0.588. The van der Waals surface area contributed by atoms with Crippen molar-refractivity contribution in [3.63, 3.8) is 0 Å². The second kappa shape index (κ2) is 6.35. The number of rotatable bonds is 5. The Labute approximate surface area is 140 Å². The topological polar surface area (TPSA) is 16.1 Å². The van der Waals surface area contributed by atoms with Gasteiger partial charge < -0.3 is 4.90 Å². The van der Waals surface area contributed by atoms with E-state index in [9.17, 15) is 0 Å². The summed E-state index contributed by atoms with van der Waals surface area (Å²) in [4.78, 5) is 6.66.